The lowest BCUT2D eigenvalue weighted by molar-refractivity contribution is 0.0752. The molecule has 0 fully saturated rings. The molecule has 2 aromatic rings. The van der Waals surface area contributed by atoms with Crippen LogP contribution in [-0.2, 0) is 16.6 Å². The molecule has 0 radical (unpaired) electrons. The molecule has 6 nitrogen and oxygen atoms in total. The molecular formula is C18H21N3O3S2. The Labute approximate surface area is 158 Å². The maximum atomic E-state index is 12.7. The predicted molar refractivity (Wildman–Crippen MR) is 101 cm³/mol. The summed E-state index contributed by atoms with van der Waals surface area (Å²) < 4.78 is 27.5. The van der Waals surface area contributed by atoms with Gasteiger partial charge in [0.25, 0.3) is 5.91 Å². The first-order valence-electron chi connectivity index (χ1n) is 8.18. The third-order valence-electron chi connectivity index (χ3n) is 3.79. The lowest BCUT2D eigenvalue weighted by atomic mass is 10.1. The van der Waals surface area contributed by atoms with Crippen molar-refractivity contribution in [3.05, 3.63) is 52.2 Å². The summed E-state index contributed by atoms with van der Waals surface area (Å²) in [5, 5.41) is 10.8. The minimum absolute atomic E-state index is 0.0456. The number of thiophene rings is 1. The van der Waals surface area contributed by atoms with Gasteiger partial charge in [-0.05, 0) is 43.5 Å². The Morgan fingerprint density at radius 1 is 1.35 bits per heavy atom. The van der Waals surface area contributed by atoms with Crippen molar-refractivity contribution in [2.45, 2.75) is 25.3 Å². The average Bonchev–Trinajstić information content (AvgIpc) is 3.17. The van der Waals surface area contributed by atoms with E-state index in [2.05, 4.69) is 10.8 Å². The molecule has 0 aliphatic rings. The van der Waals surface area contributed by atoms with Gasteiger partial charge < -0.3 is 4.90 Å². The van der Waals surface area contributed by atoms with E-state index in [-0.39, 0.29) is 28.8 Å². The van der Waals surface area contributed by atoms with Crippen LogP contribution >= 0.6 is 11.3 Å². The Kier molecular flexibility index (Phi) is 6.91. The zero-order valence-electron chi connectivity index (χ0n) is 14.7. The molecule has 1 N–H and O–H groups in total. The Balaban J connectivity index is 2.18. The van der Waals surface area contributed by atoms with Crippen LogP contribution in [0.15, 0.2) is 46.7 Å². The minimum Gasteiger partial charge on any atom is -0.338 e. The Hall–Kier alpha value is -2.21. The minimum atomic E-state index is -3.72. The summed E-state index contributed by atoms with van der Waals surface area (Å²) in [6.07, 6.45) is 0. The number of benzene rings is 1. The van der Waals surface area contributed by atoms with Crippen molar-refractivity contribution in [3.8, 4) is 6.07 Å². The van der Waals surface area contributed by atoms with Crippen LogP contribution in [0.25, 0.3) is 0 Å². The highest BCUT2D eigenvalue weighted by atomic mass is 32.2. The third kappa shape index (κ3) is 5.14. The van der Waals surface area contributed by atoms with E-state index < -0.39 is 10.0 Å². The van der Waals surface area contributed by atoms with Crippen molar-refractivity contribution in [2.75, 3.05) is 13.1 Å². The maximum Gasteiger partial charge on any atom is 0.253 e. The third-order valence-corrected chi connectivity index (χ3v) is 6.07. The van der Waals surface area contributed by atoms with E-state index in [4.69, 9.17) is 5.26 Å². The molecule has 138 valence electrons. The highest BCUT2D eigenvalue weighted by Crippen LogP contribution is 2.16. The number of hydrogen-bond acceptors (Lipinski definition) is 5. The molecule has 8 heteroatoms. The van der Waals surface area contributed by atoms with Gasteiger partial charge in [0.1, 0.15) is 0 Å². The van der Waals surface area contributed by atoms with Crippen molar-refractivity contribution in [1.82, 2.24) is 9.62 Å². The van der Waals surface area contributed by atoms with Crippen molar-refractivity contribution in [2.24, 2.45) is 5.92 Å². The van der Waals surface area contributed by atoms with Gasteiger partial charge in [-0.3, -0.25) is 4.79 Å². The number of rotatable bonds is 8. The first-order valence-corrected chi connectivity index (χ1v) is 10.5. The van der Waals surface area contributed by atoms with Crippen LogP contribution < -0.4 is 4.72 Å². The Bertz CT molecular complexity index is 887. The second-order valence-electron chi connectivity index (χ2n) is 5.81. The van der Waals surface area contributed by atoms with Crippen LogP contribution in [-0.4, -0.2) is 32.3 Å². The zero-order valence-corrected chi connectivity index (χ0v) is 16.3. The fourth-order valence-corrected chi connectivity index (χ4v) is 4.16. The first kappa shape index (κ1) is 20.1. The summed E-state index contributed by atoms with van der Waals surface area (Å²) in [7, 11) is -3.72. The van der Waals surface area contributed by atoms with Crippen LogP contribution in [0.2, 0.25) is 0 Å². The molecule has 1 unspecified atom stereocenters. The number of nitriles is 1. The van der Waals surface area contributed by atoms with Gasteiger partial charge in [0.05, 0.1) is 16.9 Å². The molecule has 1 aromatic heterocycles. The molecule has 0 bridgehead atoms. The van der Waals surface area contributed by atoms with Gasteiger partial charge in [0.15, 0.2) is 0 Å². The first-order chi connectivity index (χ1) is 12.4. The zero-order chi connectivity index (χ0) is 19.2. The van der Waals surface area contributed by atoms with E-state index >= 15 is 0 Å². The summed E-state index contributed by atoms with van der Waals surface area (Å²) in [5.74, 6) is -0.580. The standard InChI is InChI=1S/C18H21N3O3S2/c1-3-21(13-14(2)11-19)18(22)15-6-4-8-17(10-15)26(23,24)20-12-16-7-5-9-25-16/h4-10,14,20H,3,12-13H2,1-2H3. The number of nitrogens with one attached hydrogen (secondary N) is 1. The highest BCUT2D eigenvalue weighted by molar-refractivity contribution is 7.89. The number of sulfonamides is 1. The van der Waals surface area contributed by atoms with Gasteiger partial charge >= 0.3 is 0 Å². The Morgan fingerprint density at radius 2 is 2.12 bits per heavy atom. The van der Waals surface area contributed by atoms with E-state index in [9.17, 15) is 13.2 Å². The molecule has 1 amide bonds. The van der Waals surface area contributed by atoms with E-state index in [0.29, 0.717) is 13.1 Å². The van der Waals surface area contributed by atoms with Crippen molar-refractivity contribution >= 4 is 27.3 Å². The number of hydrogen-bond donors (Lipinski definition) is 1. The fourth-order valence-electron chi connectivity index (χ4n) is 2.37. The average molecular weight is 392 g/mol. The van der Waals surface area contributed by atoms with Gasteiger partial charge in [-0.1, -0.05) is 12.1 Å². The molecule has 1 atom stereocenters. The van der Waals surface area contributed by atoms with E-state index in [1.165, 1.54) is 23.5 Å². The SMILES string of the molecule is CCN(CC(C)C#N)C(=O)c1cccc(S(=O)(=O)NCc2cccs2)c1. The molecule has 0 aliphatic heterocycles. The largest absolute Gasteiger partial charge is 0.338 e. The maximum absolute atomic E-state index is 12.7. The molecule has 1 heterocycles. The number of nitrogens with zero attached hydrogens (tertiary/aromatic N) is 2. The van der Waals surface area contributed by atoms with Crippen molar-refractivity contribution < 1.29 is 13.2 Å². The molecule has 0 spiro atoms. The summed E-state index contributed by atoms with van der Waals surface area (Å²) in [5.41, 5.74) is 0.288. The van der Waals surface area contributed by atoms with Gasteiger partial charge in [0.2, 0.25) is 10.0 Å². The van der Waals surface area contributed by atoms with Gasteiger partial charge in [-0.2, -0.15) is 5.26 Å². The van der Waals surface area contributed by atoms with E-state index in [1.54, 1.807) is 24.0 Å². The quantitative estimate of drug-likeness (QED) is 0.749. The molecule has 1 aromatic carbocycles. The summed E-state index contributed by atoms with van der Waals surface area (Å²) >= 11 is 1.47. The van der Waals surface area contributed by atoms with Gasteiger partial charge in [0, 0.05) is 30.1 Å². The van der Waals surface area contributed by atoms with Gasteiger partial charge in [-0.25, -0.2) is 13.1 Å². The van der Waals surface area contributed by atoms with E-state index in [0.717, 1.165) is 4.88 Å². The smallest absolute Gasteiger partial charge is 0.253 e. The lowest BCUT2D eigenvalue weighted by Crippen LogP contribution is -2.34. The molecule has 26 heavy (non-hydrogen) atoms. The lowest BCUT2D eigenvalue weighted by Gasteiger charge is -2.22. The van der Waals surface area contributed by atoms with Crippen LogP contribution in [0.3, 0.4) is 0 Å². The van der Waals surface area contributed by atoms with Crippen LogP contribution in [0.5, 0.6) is 0 Å². The second-order valence-corrected chi connectivity index (χ2v) is 8.60. The molecule has 0 saturated heterocycles. The monoisotopic (exact) mass is 391 g/mol. The fraction of sp³-hybridized carbons (Fsp3) is 0.333. The van der Waals surface area contributed by atoms with Crippen LogP contribution in [0.1, 0.15) is 29.1 Å². The molecule has 0 aliphatic carbocycles. The molecular weight excluding hydrogens is 370 g/mol. The van der Waals surface area contributed by atoms with Crippen LogP contribution in [0.4, 0.5) is 0 Å². The molecule has 2 rings (SSSR count). The number of carbonyl (C=O) groups is 1. The molecule has 0 saturated carbocycles. The number of carbonyl (C=O) groups excluding carboxylic acids is 1. The predicted octanol–water partition coefficient (Wildman–Crippen LogP) is 2.85. The number of amides is 1. The summed E-state index contributed by atoms with van der Waals surface area (Å²) in [6, 6.07) is 11.8. The second kappa shape index (κ2) is 8.94. The highest BCUT2D eigenvalue weighted by Gasteiger charge is 2.20. The normalized spacial score (nSPS) is 12.3. The van der Waals surface area contributed by atoms with E-state index in [1.807, 2.05) is 24.4 Å². The van der Waals surface area contributed by atoms with Crippen molar-refractivity contribution in [3.63, 3.8) is 0 Å². The Morgan fingerprint density at radius 3 is 2.73 bits per heavy atom. The summed E-state index contributed by atoms with van der Waals surface area (Å²) in [6.45, 7) is 4.52. The van der Waals surface area contributed by atoms with Crippen molar-refractivity contribution in [1.29, 1.82) is 5.26 Å². The summed E-state index contributed by atoms with van der Waals surface area (Å²) in [4.78, 5) is 15.1. The van der Waals surface area contributed by atoms with Crippen LogP contribution in [0, 0.1) is 17.2 Å². The van der Waals surface area contributed by atoms with Gasteiger partial charge in [-0.15, -0.1) is 11.3 Å². The topological polar surface area (TPSA) is 90.3 Å².